The number of nitrogens with zero attached hydrogens (tertiary/aromatic N) is 5. The van der Waals surface area contributed by atoms with Gasteiger partial charge in [0.2, 0.25) is 5.91 Å². The second-order valence-electron chi connectivity index (χ2n) is 5.07. The normalized spacial score (nSPS) is 11.0. The molecule has 0 aliphatic heterocycles. The van der Waals surface area contributed by atoms with E-state index in [0.29, 0.717) is 24.6 Å². The first-order chi connectivity index (χ1) is 11.2. The number of hydrogen-bond donors (Lipinski definition) is 1. The molecule has 120 valence electrons. The van der Waals surface area contributed by atoms with Crippen molar-refractivity contribution in [2.24, 2.45) is 0 Å². The van der Waals surface area contributed by atoms with Gasteiger partial charge in [0.25, 0.3) is 0 Å². The molecular formula is C15H18N6O2. The molecule has 0 radical (unpaired) electrons. The molecule has 0 aliphatic rings. The fourth-order valence-corrected chi connectivity index (χ4v) is 2.58. The number of amides is 1. The quantitative estimate of drug-likeness (QED) is 0.766. The molecule has 2 N–H and O–H groups in total. The molecule has 0 unspecified atom stereocenters. The first-order valence-electron chi connectivity index (χ1n) is 7.47. The van der Waals surface area contributed by atoms with Crippen molar-refractivity contribution in [3.8, 4) is 11.5 Å². The predicted octanol–water partition coefficient (Wildman–Crippen LogP) is 1.54. The van der Waals surface area contributed by atoms with Crippen LogP contribution in [-0.4, -0.2) is 43.8 Å². The topological polar surface area (TPSA) is 103 Å². The van der Waals surface area contributed by atoms with Gasteiger partial charge < -0.3 is 15.2 Å². The van der Waals surface area contributed by atoms with Crippen molar-refractivity contribution in [1.82, 2.24) is 24.8 Å². The summed E-state index contributed by atoms with van der Waals surface area (Å²) in [5.41, 5.74) is 7.73. The Morgan fingerprint density at radius 2 is 2.00 bits per heavy atom. The number of carbonyl (C=O) groups excluding carboxylic acids is 1. The maximum absolute atomic E-state index is 12.5. The van der Waals surface area contributed by atoms with Gasteiger partial charge in [0.1, 0.15) is 6.54 Å². The Hall–Kier alpha value is -2.90. The van der Waals surface area contributed by atoms with E-state index in [1.54, 1.807) is 9.47 Å². The van der Waals surface area contributed by atoms with Gasteiger partial charge in [-0.05, 0) is 36.3 Å². The van der Waals surface area contributed by atoms with E-state index < -0.39 is 0 Å². The van der Waals surface area contributed by atoms with Crippen LogP contribution in [-0.2, 0) is 11.3 Å². The zero-order valence-corrected chi connectivity index (χ0v) is 13.1. The second kappa shape index (κ2) is 6.07. The van der Waals surface area contributed by atoms with E-state index in [0.717, 1.165) is 11.0 Å². The summed E-state index contributed by atoms with van der Waals surface area (Å²) < 4.78 is 6.47. The van der Waals surface area contributed by atoms with Crippen LogP contribution < -0.4 is 5.73 Å². The van der Waals surface area contributed by atoms with Crippen LogP contribution in [0.3, 0.4) is 0 Å². The minimum absolute atomic E-state index is 0.00873. The zero-order chi connectivity index (χ0) is 16.4. The van der Waals surface area contributed by atoms with Crippen molar-refractivity contribution in [3.05, 3.63) is 24.3 Å². The Morgan fingerprint density at radius 1 is 1.26 bits per heavy atom. The van der Waals surface area contributed by atoms with Crippen molar-refractivity contribution >= 4 is 22.8 Å². The monoisotopic (exact) mass is 314 g/mol. The number of likely N-dealkylation sites (N-methyl/N-ethyl adjacent to an activating group) is 1. The number of aromatic nitrogens is 4. The molecule has 0 fully saturated rings. The van der Waals surface area contributed by atoms with Crippen molar-refractivity contribution in [3.63, 3.8) is 0 Å². The lowest BCUT2D eigenvalue weighted by Gasteiger charge is -2.19. The van der Waals surface area contributed by atoms with Crippen LogP contribution in [0.5, 0.6) is 0 Å². The first kappa shape index (κ1) is 15.0. The third kappa shape index (κ3) is 2.63. The minimum atomic E-state index is 0.00873. The average molecular weight is 314 g/mol. The van der Waals surface area contributed by atoms with E-state index in [1.807, 2.05) is 38.1 Å². The number of anilines is 1. The molecule has 0 saturated carbocycles. The average Bonchev–Trinajstić information content (AvgIpc) is 3.12. The summed E-state index contributed by atoms with van der Waals surface area (Å²) in [6, 6.07) is 7.57. The highest BCUT2D eigenvalue weighted by atomic mass is 16.6. The van der Waals surface area contributed by atoms with Crippen LogP contribution in [0.4, 0.5) is 5.82 Å². The molecule has 2 aromatic heterocycles. The van der Waals surface area contributed by atoms with E-state index in [-0.39, 0.29) is 18.3 Å². The summed E-state index contributed by atoms with van der Waals surface area (Å²) in [7, 11) is 0. The zero-order valence-electron chi connectivity index (χ0n) is 13.1. The van der Waals surface area contributed by atoms with Gasteiger partial charge in [-0.2, -0.15) is 0 Å². The number of rotatable bonds is 5. The fraction of sp³-hybridized carbons (Fsp3) is 0.333. The van der Waals surface area contributed by atoms with E-state index in [9.17, 15) is 4.79 Å². The van der Waals surface area contributed by atoms with Gasteiger partial charge in [-0.15, -0.1) is 0 Å². The van der Waals surface area contributed by atoms with Crippen molar-refractivity contribution in [2.45, 2.75) is 20.4 Å². The summed E-state index contributed by atoms with van der Waals surface area (Å²) in [6.07, 6.45) is 0. The lowest BCUT2D eigenvalue weighted by molar-refractivity contribution is -0.131. The van der Waals surface area contributed by atoms with Gasteiger partial charge in [0.05, 0.1) is 11.0 Å². The highest BCUT2D eigenvalue weighted by Gasteiger charge is 2.21. The number of imidazole rings is 1. The Bertz CT molecular complexity index is 833. The van der Waals surface area contributed by atoms with E-state index in [4.69, 9.17) is 5.73 Å². The summed E-state index contributed by atoms with van der Waals surface area (Å²) in [5.74, 6) is 0.636. The van der Waals surface area contributed by atoms with Gasteiger partial charge in [0, 0.05) is 13.1 Å². The minimum Gasteiger partial charge on any atom is -0.379 e. The number of nitrogens with two attached hydrogens (primary N) is 1. The van der Waals surface area contributed by atoms with Gasteiger partial charge in [-0.25, -0.2) is 9.61 Å². The van der Waals surface area contributed by atoms with Crippen LogP contribution in [0, 0.1) is 0 Å². The summed E-state index contributed by atoms with van der Waals surface area (Å²) >= 11 is 0. The molecule has 23 heavy (non-hydrogen) atoms. The number of carbonyl (C=O) groups is 1. The van der Waals surface area contributed by atoms with Crippen LogP contribution >= 0.6 is 0 Å². The number of hydrogen-bond acceptors (Lipinski definition) is 6. The molecule has 8 heteroatoms. The van der Waals surface area contributed by atoms with E-state index >= 15 is 0 Å². The number of benzene rings is 1. The molecule has 1 amide bonds. The maximum atomic E-state index is 12.5. The Balaban J connectivity index is 2.10. The highest BCUT2D eigenvalue weighted by molar-refractivity contribution is 5.85. The Labute approximate surface area is 132 Å². The Kier molecular flexibility index (Phi) is 3.96. The lowest BCUT2D eigenvalue weighted by atomic mass is 10.3. The number of fused-ring (bicyclic) bond motifs is 1. The molecule has 3 rings (SSSR count). The second-order valence-corrected chi connectivity index (χ2v) is 5.07. The molecule has 0 saturated heterocycles. The first-order valence-corrected chi connectivity index (χ1v) is 7.47. The smallest absolute Gasteiger partial charge is 0.242 e. The SMILES string of the molecule is CCN(CC)C(=O)Cn1c(-c2nonc2N)nc2ccccc21. The molecule has 0 aliphatic carbocycles. The van der Waals surface area contributed by atoms with Crippen LogP contribution in [0.2, 0.25) is 0 Å². The van der Waals surface area contributed by atoms with Gasteiger partial charge in [-0.3, -0.25) is 4.79 Å². The van der Waals surface area contributed by atoms with E-state index in [1.165, 1.54) is 0 Å². The third-order valence-corrected chi connectivity index (χ3v) is 3.79. The lowest BCUT2D eigenvalue weighted by Crippen LogP contribution is -2.33. The molecule has 8 nitrogen and oxygen atoms in total. The molecule has 0 bridgehead atoms. The summed E-state index contributed by atoms with van der Waals surface area (Å²) in [4.78, 5) is 18.8. The van der Waals surface area contributed by atoms with E-state index in [2.05, 4.69) is 19.9 Å². The van der Waals surface area contributed by atoms with Crippen LogP contribution in [0.25, 0.3) is 22.6 Å². The van der Waals surface area contributed by atoms with Crippen LogP contribution in [0.15, 0.2) is 28.9 Å². The fourth-order valence-electron chi connectivity index (χ4n) is 2.58. The van der Waals surface area contributed by atoms with Crippen LogP contribution in [0.1, 0.15) is 13.8 Å². The Morgan fingerprint density at radius 3 is 2.65 bits per heavy atom. The van der Waals surface area contributed by atoms with Crippen molar-refractivity contribution < 1.29 is 9.42 Å². The van der Waals surface area contributed by atoms with Gasteiger partial charge in [-0.1, -0.05) is 12.1 Å². The highest BCUT2D eigenvalue weighted by Crippen LogP contribution is 2.26. The maximum Gasteiger partial charge on any atom is 0.242 e. The molecule has 3 aromatic rings. The van der Waals surface area contributed by atoms with Crippen molar-refractivity contribution in [2.75, 3.05) is 18.8 Å². The molecule has 0 atom stereocenters. The molecule has 2 heterocycles. The summed E-state index contributed by atoms with van der Waals surface area (Å²) in [6.45, 7) is 5.38. The predicted molar refractivity (Wildman–Crippen MR) is 85.4 cm³/mol. The van der Waals surface area contributed by atoms with Crippen molar-refractivity contribution in [1.29, 1.82) is 0 Å². The molecule has 0 spiro atoms. The third-order valence-electron chi connectivity index (χ3n) is 3.79. The largest absolute Gasteiger partial charge is 0.379 e. The standard InChI is InChI=1S/C15H18N6O2/c1-3-20(4-2)12(22)9-21-11-8-6-5-7-10(11)17-15(21)13-14(16)19-23-18-13/h5-8H,3-4,9H2,1-2H3,(H2,16,19). The van der Waals surface area contributed by atoms with Gasteiger partial charge in [0.15, 0.2) is 17.3 Å². The summed E-state index contributed by atoms with van der Waals surface area (Å²) in [5, 5.41) is 7.41. The molecular weight excluding hydrogens is 296 g/mol. The number of para-hydroxylation sites is 2. The van der Waals surface area contributed by atoms with Gasteiger partial charge >= 0.3 is 0 Å². The molecule has 1 aromatic carbocycles. The number of nitrogen functional groups attached to an aromatic ring is 1.